The molecule has 0 bridgehead atoms. The Balaban J connectivity index is 4.40. The Morgan fingerprint density at radius 1 is 0.294 bits per heavy atom. The predicted molar refractivity (Wildman–Crippen MR) is 293 cm³/mol. The maximum atomic E-state index is 12.8. The van der Waals surface area contributed by atoms with Crippen LogP contribution in [0, 0.1) is 0 Å². The summed E-state index contributed by atoms with van der Waals surface area (Å²) in [4.78, 5) is 38.1. The molecule has 1 unspecified atom stereocenters. The Kier molecular flexibility index (Phi) is 52.4. The largest absolute Gasteiger partial charge is 0.462 e. The first-order valence-corrected chi connectivity index (χ1v) is 27.9. The topological polar surface area (TPSA) is 78.9 Å². The Bertz CT molecular complexity index is 1410. The molecule has 1 atom stereocenters. The molecular weight excluding hydrogens is 841 g/mol. The molecule has 6 heteroatoms. The number of hydrogen-bond donors (Lipinski definition) is 0. The quantitative estimate of drug-likeness (QED) is 0.0262. The van der Waals surface area contributed by atoms with Crippen molar-refractivity contribution >= 4 is 17.9 Å². The summed E-state index contributed by atoms with van der Waals surface area (Å²) in [6, 6.07) is 0. The molecule has 6 nitrogen and oxygen atoms in total. The molecule has 0 heterocycles. The van der Waals surface area contributed by atoms with E-state index in [0.29, 0.717) is 19.3 Å². The molecule has 0 aliphatic heterocycles. The molecule has 0 radical (unpaired) electrons. The SMILES string of the molecule is CC/C=C\C/C=C\C/C=C\CCCCCCCCCCCC(=O)OCC(COC(=O)CCCC/C=C\C/C=C\C/C=C\CC)OC(=O)CCCCCCCCCCC/C=C\C/C=C\C/C=C\CC. The highest BCUT2D eigenvalue weighted by Crippen LogP contribution is 2.15. The number of unbranched alkanes of at least 4 members (excludes halogenated alkanes) is 20. The molecule has 0 aliphatic rings. The third-order valence-corrected chi connectivity index (χ3v) is 11.5. The molecule has 0 rings (SSSR count). The Morgan fingerprint density at radius 3 is 0.853 bits per heavy atom. The Labute approximate surface area is 419 Å². The van der Waals surface area contributed by atoms with Crippen LogP contribution in [0.4, 0.5) is 0 Å². The van der Waals surface area contributed by atoms with Gasteiger partial charge in [-0.3, -0.25) is 14.4 Å². The van der Waals surface area contributed by atoms with Gasteiger partial charge in [-0.1, -0.05) is 220 Å². The lowest BCUT2D eigenvalue weighted by Gasteiger charge is -2.18. The fraction of sp³-hybridized carbons (Fsp3) is 0.661. The van der Waals surface area contributed by atoms with E-state index in [4.69, 9.17) is 14.2 Å². The van der Waals surface area contributed by atoms with Gasteiger partial charge in [0, 0.05) is 19.3 Å². The van der Waals surface area contributed by atoms with Crippen LogP contribution in [-0.2, 0) is 28.6 Å². The number of carbonyl (C=O) groups is 3. The molecule has 0 aromatic carbocycles. The maximum Gasteiger partial charge on any atom is 0.306 e. The van der Waals surface area contributed by atoms with Gasteiger partial charge >= 0.3 is 17.9 Å². The van der Waals surface area contributed by atoms with E-state index < -0.39 is 6.10 Å². The van der Waals surface area contributed by atoms with E-state index in [1.165, 1.54) is 83.5 Å². The van der Waals surface area contributed by atoms with Crippen LogP contribution in [0.5, 0.6) is 0 Å². The lowest BCUT2D eigenvalue weighted by atomic mass is 10.1. The van der Waals surface area contributed by atoms with E-state index >= 15 is 0 Å². The number of carbonyl (C=O) groups excluding carboxylic acids is 3. The number of allylic oxidation sites excluding steroid dienone is 18. The van der Waals surface area contributed by atoms with Gasteiger partial charge in [0.05, 0.1) is 0 Å². The normalized spacial score (nSPS) is 12.9. The van der Waals surface area contributed by atoms with Gasteiger partial charge in [0.2, 0.25) is 0 Å². The second-order valence-electron chi connectivity index (χ2n) is 18.0. The third-order valence-electron chi connectivity index (χ3n) is 11.5. The Hall–Kier alpha value is -3.93. The first kappa shape index (κ1) is 64.1. The fourth-order valence-corrected chi connectivity index (χ4v) is 7.43. The van der Waals surface area contributed by atoms with E-state index in [-0.39, 0.29) is 31.1 Å². The van der Waals surface area contributed by atoms with Crippen molar-refractivity contribution in [3.63, 3.8) is 0 Å². The van der Waals surface area contributed by atoms with Crippen LogP contribution in [0.25, 0.3) is 0 Å². The number of rotatable bonds is 49. The van der Waals surface area contributed by atoms with E-state index in [1.807, 2.05) is 0 Å². The minimum atomic E-state index is -0.801. The van der Waals surface area contributed by atoms with Crippen molar-refractivity contribution in [2.75, 3.05) is 13.2 Å². The van der Waals surface area contributed by atoms with Crippen molar-refractivity contribution < 1.29 is 28.6 Å². The average molecular weight is 943 g/mol. The molecule has 0 N–H and O–H groups in total. The van der Waals surface area contributed by atoms with Gasteiger partial charge < -0.3 is 14.2 Å². The van der Waals surface area contributed by atoms with Crippen LogP contribution in [-0.4, -0.2) is 37.2 Å². The van der Waals surface area contributed by atoms with Crippen LogP contribution >= 0.6 is 0 Å². The number of esters is 3. The summed E-state index contributed by atoms with van der Waals surface area (Å²) in [5.74, 6) is -0.949. The summed E-state index contributed by atoms with van der Waals surface area (Å²) in [5.41, 5.74) is 0. The van der Waals surface area contributed by atoms with Gasteiger partial charge in [0.25, 0.3) is 0 Å². The summed E-state index contributed by atoms with van der Waals surface area (Å²) in [6.45, 7) is 6.26. The molecule has 0 fully saturated rings. The smallest absolute Gasteiger partial charge is 0.306 e. The zero-order valence-corrected chi connectivity index (χ0v) is 44.1. The molecule has 0 amide bonds. The lowest BCUT2D eigenvalue weighted by molar-refractivity contribution is -0.167. The van der Waals surface area contributed by atoms with Gasteiger partial charge in [-0.05, 0) is 116 Å². The Morgan fingerprint density at radius 2 is 0.529 bits per heavy atom. The van der Waals surface area contributed by atoms with Crippen molar-refractivity contribution in [3.05, 3.63) is 109 Å². The van der Waals surface area contributed by atoms with Crippen molar-refractivity contribution in [3.8, 4) is 0 Å². The van der Waals surface area contributed by atoms with Crippen molar-refractivity contribution in [2.24, 2.45) is 0 Å². The van der Waals surface area contributed by atoms with E-state index in [0.717, 1.165) is 122 Å². The first-order chi connectivity index (χ1) is 33.5. The summed E-state index contributed by atoms with van der Waals surface area (Å²) in [6.07, 6.45) is 75.1. The van der Waals surface area contributed by atoms with Crippen molar-refractivity contribution in [1.82, 2.24) is 0 Å². The van der Waals surface area contributed by atoms with Gasteiger partial charge in [0.1, 0.15) is 13.2 Å². The first-order valence-electron chi connectivity index (χ1n) is 27.9. The van der Waals surface area contributed by atoms with Crippen molar-refractivity contribution in [1.29, 1.82) is 0 Å². The fourth-order valence-electron chi connectivity index (χ4n) is 7.43. The monoisotopic (exact) mass is 943 g/mol. The van der Waals surface area contributed by atoms with E-state index in [1.54, 1.807) is 0 Å². The molecular formula is C62H102O6. The van der Waals surface area contributed by atoms with Crippen LogP contribution < -0.4 is 0 Å². The average Bonchev–Trinajstić information content (AvgIpc) is 3.34. The predicted octanol–water partition coefficient (Wildman–Crippen LogP) is 18.7. The van der Waals surface area contributed by atoms with Crippen LogP contribution in [0.2, 0.25) is 0 Å². The van der Waals surface area contributed by atoms with Gasteiger partial charge in [-0.2, -0.15) is 0 Å². The highest BCUT2D eigenvalue weighted by atomic mass is 16.6. The molecule has 386 valence electrons. The number of hydrogen-bond acceptors (Lipinski definition) is 6. The maximum absolute atomic E-state index is 12.8. The van der Waals surface area contributed by atoms with E-state index in [2.05, 4.69) is 130 Å². The molecule has 0 saturated heterocycles. The van der Waals surface area contributed by atoms with Gasteiger partial charge in [0.15, 0.2) is 6.10 Å². The van der Waals surface area contributed by atoms with E-state index in [9.17, 15) is 14.4 Å². The van der Waals surface area contributed by atoms with Crippen LogP contribution in [0.1, 0.15) is 245 Å². The van der Waals surface area contributed by atoms with Gasteiger partial charge in [-0.25, -0.2) is 0 Å². The number of ether oxygens (including phenoxy) is 3. The highest BCUT2D eigenvalue weighted by Gasteiger charge is 2.19. The van der Waals surface area contributed by atoms with Crippen LogP contribution in [0.15, 0.2) is 109 Å². The minimum absolute atomic E-state index is 0.0966. The zero-order chi connectivity index (χ0) is 49.3. The summed E-state index contributed by atoms with van der Waals surface area (Å²) in [7, 11) is 0. The lowest BCUT2D eigenvalue weighted by Crippen LogP contribution is -2.30. The summed E-state index contributed by atoms with van der Waals surface area (Å²) < 4.78 is 16.8. The molecule has 0 spiro atoms. The molecule has 0 aromatic rings. The standard InChI is InChI=1S/C62H102O6/c1-4-7-10-13-16-19-22-25-27-29-31-33-35-37-40-43-46-49-52-55-61(64)67-58-59(57-66-60(63)54-51-48-45-42-39-24-21-18-15-12-9-6-3)68-62(65)56-53-50-47-44-41-38-36-34-32-30-28-26-23-20-17-14-11-8-5-2/h7-12,16-21,25-28,39,42,59H,4-6,13-15,22-24,29-38,40-41,43-58H2,1-3H3/b10-7-,11-8-,12-9-,19-16-,20-17-,21-18-,27-25-,28-26-,42-39-. The minimum Gasteiger partial charge on any atom is -0.462 e. The molecule has 0 saturated carbocycles. The highest BCUT2D eigenvalue weighted by molar-refractivity contribution is 5.71. The molecule has 0 aromatic heterocycles. The second kappa shape index (κ2) is 55.7. The van der Waals surface area contributed by atoms with Gasteiger partial charge in [-0.15, -0.1) is 0 Å². The van der Waals surface area contributed by atoms with Crippen molar-refractivity contribution in [2.45, 2.75) is 252 Å². The van der Waals surface area contributed by atoms with Crippen LogP contribution in [0.3, 0.4) is 0 Å². The summed E-state index contributed by atoms with van der Waals surface area (Å²) in [5, 5.41) is 0. The second-order valence-corrected chi connectivity index (χ2v) is 18.0. The molecule has 68 heavy (non-hydrogen) atoms. The summed E-state index contributed by atoms with van der Waals surface area (Å²) >= 11 is 0. The zero-order valence-electron chi connectivity index (χ0n) is 44.1. The molecule has 0 aliphatic carbocycles. The third kappa shape index (κ3) is 53.0.